The Hall–Kier alpha value is -7.07. The van der Waals surface area contributed by atoms with Crippen LogP contribution >= 0.6 is 11.8 Å². The summed E-state index contributed by atoms with van der Waals surface area (Å²) < 4.78 is 2.51. The largest absolute Gasteiger partial charge is 0.311 e. The molecule has 0 radical (unpaired) electrons. The molecular formula is C55H36N2S. The van der Waals surface area contributed by atoms with Gasteiger partial charge in [-0.05, 0) is 105 Å². The molecule has 10 aromatic rings. The van der Waals surface area contributed by atoms with Gasteiger partial charge in [-0.1, -0.05) is 169 Å². The molecule has 0 aliphatic carbocycles. The summed E-state index contributed by atoms with van der Waals surface area (Å²) in [5.74, 6) is 0. The Morgan fingerprint density at radius 2 is 0.897 bits per heavy atom. The molecule has 272 valence electrons. The number of nitrogens with zero attached hydrogens (tertiary/aromatic N) is 2. The number of benzene rings is 9. The lowest BCUT2D eigenvalue weighted by atomic mass is 9.62. The molecule has 1 spiro atoms. The van der Waals surface area contributed by atoms with Gasteiger partial charge in [-0.25, -0.2) is 0 Å². The summed E-state index contributed by atoms with van der Waals surface area (Å²) in [7, 11) is 0. The van der Waals surface area contributed by atoms with Crippen LogP contribution in [0.2, 0.25) is 0 Å². The summed E-state index contributed by atoms with van der Waals surface area (Å²) in [4.78, 5) is 4.93. The van der Waals surface area contributed by atoms with E-state index in [1.165, 1.54) is 81.8 Å². The van der Waals surface area contributed by atoms with Crippen molar-refractivity contribution >= 4 is 50.6 Å². The minimum absolute atomic E-state index is 0.480. The van der Waals surface area contributed by atoms with E-state index in [-0.39, 0.29) is 0 Å². The third kappa shape index (κ3) is 4.81. The number of hydrogen-bond acceptors (Lipinski definition) is 2. The van der Waals surface area contributed by atoms with Gasteiger partial charge in [0, 0.05) is 37.6 Å². The zero-order valence-corrected chi connectivity index (χ0v) is 32.4. The SMILES string of the molecule is c1ccc(-c2ccc(N(c3ccccc3)c3ccc(-c4ccc5c(c4)Sc4ccccc4C54c5ccccc5-n5c6ccccc6c6cccc4c65)cc3)cc2)cc1. The maximum absolute atomic E-state index is 2.51. The van der Waals surface area contributed by atoms with Gasteiger partial charge < -0.3 is 9.47 Å². The topological polar surface area (TPSA) is 8.17 Å². The van der Waals surface area contributed by atoms with E-state index in [1.54, 1.807) is 0 Å². The highest BCUT2D eigenvalue weighted by molar-refractivity contribution is 7.99. The van der Waals surface area contributed by atoms with Crippen LogP contribution in [-0.4, -0.2) is 4.57 Å². The van der Waals surface area contributed by atoms with Crippen LogP contribution in [0.25, 0.3) is 49.7 Å². The van der Waals surface area contributed by atoms with Crippen molar-refractivity contribution in [2.24, 2.45) is 0 Å². The zero-order chi connectivity index (χ0) is 38.2. The molecule has 3 heterocycles. The summed E-state index contributed by atoms with van der Waals surface area (Å²) in [5.41, 5.74) is 16.8. The number of rotatable bonds is 5. The van der Waals surface area contributed by atoms with E-state index in [1.807, 2.05) is 11.8 Å². The second-order valence-corrected chi connectivity index (χ2v) is 16.3. The van der Waals surface area contributed by atoms with Gasteiger partial charge in [0.2, 0.25) is 0 Å². The van der Waals surface area contributed by atoms with E-state index in [0.29, 0.717) is 0 Å². The molecular weight excluding hydrogens is 721 g/mol. The van der Waals surface area contributed by atoms with Crippen LogP contribution in [0, 0.1) is 0 Å². The molecule has 12 rings (SSSR count). The highest BCUT2D eigenvalue weighted by Gasteiger charge is 2.49. The summed E-state index contributed by atoms with van der Waals surface area (Å²) in [6.45, 7) is 0. The van der Waals surface area contributed by atoms with E-state index in [9.17, 15) is 0 Å². The van der Waals surface area contributed by atoms with Gasteiger partial charge in [0.25, 0.3) is 0 Å². The van der Waals surface area contributed by atoms with E-state index in [2.05, 4.69) is 228 Å². The van der Waals surface area contributed by atoms with Crippen molar-refractivity contribution in [1.29, 1.82) is 0 Å². The molecule has 0 bridgehead atoms. The van der Waals surface area contributed by atoms with Gasteiger partial charge in [-0.15, -0.1) is 0 Å². The van der Waals surface area contributed by atoms with Crippen molar-refractivity contribution in [3.8, 4) is 27.9 Å². The number of para-hydroxylation sites is 4. The van der Waals surface area contributed by atoms with Crippen LogP contribution < -0.4 is 4.90 Å². The maximum atomic E-state index is 2.51. The first-order valence-electron chi connectivity index (χ1n) is 19.9. The second-order valence-electron chi connectivity index (χ2n) is 15.3. The molecule has 2 aliphatic heterocycles. The first kappa shape index (κ1) is 33.1. The number of hydrogen-bond donors (Lipinski definition) is 0. The van der Waals surface area contributed by atoms with Crippen molar-refractivity contribution in [3.05, 3.63) is 241 Å². The summed E-state index contributed by atoms with van der Waals surface area (Å²) in [6.07, 6.45) is 0. The Morgan fingerprint density at radius 3 is 1.67 bits per heavy atom. The average Bonchev–Trinajstić information content (AvgIpc) is 3.64. The lowest BCUT2D eigenvalue weighted by Gasteiger charge is -2.45. The van der Waals surface area contributed by atoms with Crippen LogP contribution in [0.1, 0.15) is 22.3 Å². The molecule has 58 heavy (non-hydrogen) atoms. The van der Waals surface area contributed by atoms with Crippen molar-refractivity contribution in [2.45, 2.75) is 15.2 Å². The number of fused-ring (bicyclic) bond motifs is 11. The van der Waals surface area contributed by atoms with Crippen molar-refractivity contribution in [3.63, 3.8) is 0 Å². The van der Waals surface area contributed by atoms with Crippen LogP contribution in [-0.2, 0) is 5.41 Å². The Bertz CT molecular complexity index is 3180. The molecule has 9 aromatic carbocycles. The Kier molecular flexibility index (Phi) is 7.41. The standard InChI is InChI=1S/C55H36N2S/c1-3-14-37(15-4-1)38-26-31-42(32-27-38)56(41-16-5-2-6-17-41)43-33-28-39(29-34-43)40-30-35-48-53(36-40)58-52-25-12-9-21-47(52)55(48)46-20-8-11-24-51(46)57-50-23-10-7-18-44(50)45-19-13-22-49(55)54(45)57/h1-36H. The molecule has 3 heteroatoms. The minimum atomic E-state index is -0.480. The summed E-state index contributed by atoms with van der Waals surface area (Å²) in [5, 5.41) is 2.59. The highest BCUT2D eigenvalue weighted by Crippen LogP contribution is 2.60. The molecule has 0 saturated carbocycles. The molecule has 1 aromatic heterocycles. The quantitative estimate of drug-likeness (QED) is 0.173. The van der Waals surface area contributed by atoms with Crippen molar-refractivity contribution in [2.75, 3.05) is 4.90 Å². The Morgan fingerprint density at radius 1 is 0.362 bits per heavy atom. The molecule has 1 atom stereocenters. The van der Waals surface area contributed by atoms with E-state index in [0.717, 1.165) is 17.1 Å². The van der Waals surface area contributed by atoms with Gasteiger partial charge in [-0.2, -0.15) is 0 Å². The minimum Gasteiger partial charge on any atom is -0.311 e. The molecule has 0 fully saturated rings. The maximum Gasteiger partial charge on any atom is 0.0764 e. The highest BCUT2D eigenvalue weighted by atomic mass is 32.2. The lowest BCUT2D eigenvalue weighted by molar-refractivity contribution is 0.690. The molecule has 0 N–H and O–H groups in total. The second kappa shape index (κ2) is 13.0. The fourth-order valence-corrected chi connectivity index (χ4v) is 11.0. The van der Waals surface area contributed by atoms with Gasteiger partial charge in [-0.3, -0.25) is 0 Å². The van der Waals surface area contributed by atoms with Crippen LogP contribution in [0.15, 0.2) is 228 Å². The predicted molar refractivity (Wildman–Crippen MR) is 242 cm³/mol. The van der Waals surface area contributed by atoms with Crippen molar-refractivity contribution < 1.29 is 0 Å². The Labute approximate surface area is 342 Å². The van der Waals surface area contributed by atoms with Gasteiger partial charge in [0.1, 0.15) is 0 Å². The predicted octanol–water partition coefficient (Wildman–Crippen LogP) is 14.7. The summed E-state index contributed by atoms with van der Waals surface area (Å²) >= 11 is 1.90. The molecule has 2 nitrogen and oxygen atoms in total. The van der Waals surface area contributed by atoms with Gasteiger partial charge in [0.15, 0.2) is 0 Å². The molecule has 1 unspecified atom stereocenters. The lowest BCUT2D eigenvalue weighted by Crippen LogP contribution is -2.37. The van der Waals surface area contributed by atoms with Crippen molar-refractivity contribution in [1.82, 2.24) is 4.57 Å². The fourth-order valence-electron chi connectivity index (χ4n) is 9.77. The normalized spacial score (nSPS) is 14.9. The third-order valence-electron chi connectivity index (χ3n) is 12.3. The summed E-state index contributed by atoms with van der Waals surface area (Å²) in [6, 6.07) is 80.3. The zero-order valence-electron chi connectivity index (χ0n) is 31.6. The first-order valence-corrected chi connectivity index (χ1v) is 20.7. The van der Waals surface area contributed by atoms with E-state index in [4.69, 9.17) is 0 Å². The monoisotopic (exact) mass is 756 g/mol. The number of aromatic nitrogens is 1. The first-order chi connectivity index (χ1) is 28.8. The average molecular weight is 757 g/mol. The van der Waals surface area contributed by atoms with Crippen LogP contribution in [0.5, 0.6) is 0 Å². The molecule has 2 aliphatic rings. The van der Waals surface area contributed by atoms with Gasteiger partial charge >= 0.3 is 0 Å². The third-order valence-corrected chi connectivity index (χ3v) is 13.4. The van der Waals surface area contributed by atoms with Gasteiger partial charge in [0.05, 0.1) is 22.1 Å². The van der Waals surface area contributed by atoms with Crippen LogP contribution in [0.4, 0.5) is 17.1 Å². The smallest absolute Gasteiger partial charge is 0.0764 e. The van der Waals surface area contributed by atoms with Crippen LogP contribution in [0.3, 0.4) is 0 Å². The number of anilines is 3. The fraction of sp³-hybridized carbons (Fsp3) is 0.0182. The van der Waals surface area contributed by atoms with E-state index >= 15 is 0 Å². The molecule has 0 amide bonds. The van der Waals surface area contributed by atoms with E-state index < -0.39 is 5.41 Å². The Balaban J connectivity index is 0.994. The molecule has 0 saturated heterocycles.